The molecule has 0 radical (unpaired) electrons. The van der Waals surface area contributed by atoms with Crippen LogP contribution in [0.4, 0.5) is 37.7 Å². The van der Waals surface area contributed by atoms with Crippen LogP contribution in [0.15, 0.2) is 77.9 Å². The highest BCUT2D eigenvalue weighted by atomic mass is 35.5. The maximum absolute atomic E-state index is 13.6. The van der Waals surface area contributed by atoms with Crippen LogP contribution in [-0.2, 0) is 0 Å². The molecular formula is C24H18ClF6N3O. The van der Waals surface area contributed by atoms with Crippen LogP contribution in [0.25, 0.3) is 11.1 Å². The highest BCUT2D eigenvalue weighted by molar-refractivity contribution is 6.33. The van der Waals surface area contributed by atoms with E-state index in [9.17, 15) is 31.4 Å². The molecule has 3 N–H and O–H groups in total. The van der Waals surface area contributed by atoms with Gasteiger partial charge in [0.1, 0.15) is 0 Å². The van der Waals surface area contributed by atoms with E-state index < -0.39 is 36.1 Å². The molecule has 0 bridgehead atoms. The first-order valence-electron chi connectivity index (χ1n) is 10.3. The minimum atomic E-state index is -6.04. The van der Waals surface area contributed by atoms with Crippen LogP contribution in [0.2, 0.25) is 5.02 Å². The molecule has 0 amide bonds. The fraction of sp³-hybridized carbons (Fsp3) is 0.208. The number of hydrogen-bond donors (Lipinski definition) is 2. The first-order valence-corrected chi connectivity index (χ1v) is 10.6. The lowest BCUT2D eigenvalue weighted by Crippen LogP contribution is -2.62. The van der Waals surface area contributed by atoms with Crippen molar-refractivity contribution in [3.8, 4) is 11.1 Å². The number of nitrogens with zero attached hydrogens (tertiary/aromatic N) is 2. The molecule has 11 heteroatoms. The van der Waals surface area contributed by atoms with E-state index in [-0.39, 0.29) is 10.7 Å². The average molecular weight is 514 g/mol. The van der Waals surface area contributed by atoms with Crippen LogP contribution in [-0.4, -0.2) is 28.8 Å². The van der Waals surface area contributed by atoms with Gasteiger partial charge in [-0.1, -0.05) is 60.1 Å². The molecule has 1 aliphatic heterocycles. The zero-order valence-corrected chi connectivity index (χ0v) is 18.5. The van der Waals surface area contributed by atoms with Crippen LogP contribution in [0.1, 0.15) is 18.0 Å². The lowest BCUT2D eigenvalue weighted by molar-refractivity contribution is -0.338. The zero-order chi connectivity index (χ0) is 25.6. The van der Waals surface area contributed by atoms with Gasteiger partial charge in [-0.3, -0.25) is 5.01 Å². The third-order valence-corrected chi connectivity index (χ3v) is 6.11. The first-order chi connectivity index (χ1) is 16.3. The summed E-state index contributed by atoms with van der Waals surface area (Å²) in [5, 5.41) is 14.6. The van der Waals surface area contributed by atoms with Crippen LogP contribution >= 0.6 is 11.6 Å². The number of halogens is 7. The van der Waals surface area contributed by atoms with Gasteiger partial charge in [-0.15, -0.1) is 0 Å². The largest absolute Gasteiger partial charge is 0.431 e. The molecule has 1 heterocycles. The van der Waals surface area contributed by atoms with Gasteiger partial charge in [0.2, 0.25) is 0 Å². The predicted octanol–water partition coefficient (Wildman–Crippen LogP) is 6.75. The van der Waals surface area contributed by atoms with Gasteiger partial charge in [0.15, 0.2) is 0 Å². The number of benzene rings is 3. The van der Waals surface area contributed by atoms with Gasteiger partial charge in [-0.05, 0) is 41.0 Å². The molecule has 3 aromatic carbocycles. The Labute approximate surface area is 201 Å². The number of nitrogen functional groups attached to an aromatic ring is 1. The third kappa shape index (κ3) is 4.43. The standard InChI is InChI=1S/C24H18ClF6N3O/c25-18-3-1-2-4-19(18)34-20(13-21(33-34)22(35,23(26,27)28)24(29,30)31)16-7-5-14(6-8-16)15-9-11-17(32)12-10-15/h1-12,20,35H,13,32H2. The van der Waals surface area contributed by atoms with E-state index in [1.54, 1.807) is 54.6 Å². The van der Waals surface area contributed by atoms with Gasteiger partial charge in [0, 0.05) is 12.1 Å². The van der Waals surface area contributed by atoms with E-state index in [0.717, 1.165) is 16.1 Å². The summed E-state index contributed by atoms with van der Waals surface area (Å²) in [5.41, 5.74) is 1.75. The smallest absolute Gasteiger partial charge is 0.399 e. The molecule has 1 atom stereocenters. The summed E-state index contributed by atoms with van der Waals surface area (Å²) in [7, 11) is 0. The zero-order valence-electron chi connectivity index (χ0n) is 17.8. The molecule has 4 nitrogen and oxygen atoms in total. The molecule has 0 saturated heterocycles. The highest BCUT2D eigenvalue weighted by Crippen LogP contribution is 2.49. The summed E-state index contributed by atoms with van der Waals surface area (Å²) in [5.74, 6) is 0. The molecule has 0 aromatic heterocycles. The van der Waals surface area contributed by atoms with Gasteiger partial charge in [-0.2, -0.15) is 31.4 Å². The molecule has 0 aliphatic carbocycles. The summed E-state index contributed by atoms with van der Waals surface area (Å²) in [6.45, 7) is 0. The Kier molecular flexibility index (Phi) is 6.23. The number of aliphatic hydroxyl groups is 1. The molecule has 0 fully saturated rings. The second-order valence-corrected chi connectivity index (χ2v) is 8.42. The molecule has 1 aliphatic rings. The topological polar surface area (TPSA) is 61.9 Å². The van der Waals surface area contributed by atoms with Gasteiger partial charge >= 0.3 is 12.4 Å². The maximum Gasteiger partial charge on any atom is 0.431 e. The summed E-state index contributed by atoms with van der Waals surface area (Å²) >= 11 is 6.19. The Morgan fingerprint density at radius 3 is 1.86 bits per heavy atom. The number of rotatable bonds is 4. The second kappa shape index (κ2) is 8.76. The average Bonchev–Trinajstić information content (AvgIpc) is 3.23. The maximum atomic E-state index is 13.6. The predicted molar refractivity (Wildman–Crippen MR) is 122 cm³/mol. The molecule has 0 saturated carbocycles. The van der Waals surface area contributed by atoms with Crippen molar-refractivity contribution in [1.29, 1.82) is 0 Å². The van der Waals surface area contributed by atoms with Crippen molar-refractivity contribution in [1.82, 2.24) is 0 Å². The fourth-order valence-electron chi connectivity index (χ4n) is 3.91. The molecule has 184 valence electrons. The number of anilines is 2. The van der Waals surface area contributed by atoms with E-state index in [1.165, 1.54) is 18.2 Å². The molecule has 1 unspecified atom stereocenters. The summed E-state index contributed by atoms with van der Waals surface area (Å²) in [6.07, 6.45) is -12.9. The summed E-state index contributed by atoms with van der Waals surface area (Å²) in [6, 6.07) is 18.4. The van der Waals surface area contributed by atoms with Gasteiger partial charge < -0.3 is 10.8 Å². The number of para-hydroxylation sites is 1. The fourth-order valence-corrected chi connectivity index (χ4v) is 4.13. The molecule has 4 rings (SSSR count). The van der Waals surface area contributed by atoms with E-state index in [4.69, 9.17) is 17.3 Å². The van der Waals surface area contributed by atoms with Crippen molar-refractivity contribution in [3.05, 3.63) is 83.4 Å². The highest BCUT2D eigenvalue weighted by Gasteiger charge is 2.74. The monoisotopic (exact) mass is 513 g/mol. The van der Waals surface area contributed by atoms with Crippen LogP contribution in [0.3, 0.4) is 0 Å². The first kappa shape index (κ1) is 24.9. The van der Waals surface area contributed by atoms with E-state index in [1.807, 2.05) is 0 Å². The molecular weight excluding hydrogens is 496 g/mol. The van der Waals surface area contributed by atoms with Crippen molar-refractivity contribution < 1.29 is 31.4 Å². The Morgan fingerprint density at radius 1 is 0.829 bits per heavy atom. The summed E-state index contributed by atoms with van der Waals surface area (Å²) in [4.78, 5) is 0. The second-order valence-electron chi connectivity index (χ2n) is 8.01. The van der Waals surface area contributed by atoms with Crippen molar-refractivity contribution in [2.75, 3.05) is 10.7 Å². The van der Waals surface area contributed by atoms with Crippen LogP contribution in [0, 0.1) is 0 Å². The minimum absolute atomic E-state index is 0.0727. The van der Waals surface area contributed by atoms with Crippen molar-refractivity contribution >= 4 is 28.7 Å². The Balaban J connectivity index is 1.78. The Morgan fingerprint density at radius 2 is 1.34 bits per heavy atom. The van der Waals surface area contributed by atoms with E-state index in [0.29, 0.717) is 11.3 Å². The van der Waals surface area contributed by atoms with Crippen molar-refractivity contribution in [2.24, 2.45) is 5.10 Å². The number of hydrazone groups is 1. The van der Waals surface area contributed by atoms with Crippen LogP contribution in [0.5, 0.6) is 0 Å². The molecule has 3 aromatic rings. The molecule has 0 spiro atoms. The molecule has 35 heavy (non-hydrogen) atoms. The normalized spacial score (nSPS) is 17.0. The van der Waals surface area contributed by atoms with Gasteiger partial charge in [-0.25, -0.2) is 0 Å². The SMILES string of the molecule is Nc1ccc(-c2ccc(C3CC(C(O)(C(F)(F)F)C(F)(F)F)=NN3c3ccccc3Cl)cc2)cc1. The lowest BCUT2D eigenvalue weighted by atomic mass is 9.89. The van der Waals surface area contributed by atoms with Crippen molar-refractivity contribution in [2.45, 2.75) is 30.4 Å². The van der Waals surface area contributed by atoms with E-state index in [2.05, 4.69) is 5.10 Å². The third-order valence-electron chi connectivity index (χ3n) is 5.79. The van der Waals surface area contributed by atoms with Gasteiger partial charge in [0.25, 0.3) is 5.60 Å². The lowest BCUT2D eigenvalue weighted by Gasteiger charge is -2.32. The minimum Gasteiger partial charge on any atom is -0.399 e. The number of nitrogens with two attached hydrogens (primary N) is 1. The number of hydrogen-bond acceptors (Lipinski definition) is 4. The quantitative estimate of drug-likeness (QED) is 0.299. The Hall–Kier alpha value is -3.24. The summed E-state index contributed by atoms with van der Waals surface area (Å²) < 4.78 is 81.3. The van der Waals surface area contributed by atoms with Gasteiger partial charge in [0.05, 0.1) is 22.5 Å². The van der Waals surface area contributed by atoms with Crippen molar-refractivity contribution in [3.63, 3.8) is 0 Å². The number of alkyl halides is 6. The van der Waals surface area contributed by atoms with E-state index >= 15 is 0 Å². The Bertz CT molecular complexity index is 1230. The van der Waals surface area contributed by atoms with Crippen LogP contribution < -0.4 is 10.7 Å².